The largest absolute Gasteiger partial charge is 0.507 e. The molecule has 1 N–H and O–H groups in total. The van der Waals surface area contributed by atoms with E-state index >= 15 is 0 Å². The summed E-state index contributed by atoms with van der Waals surface area (Å²) >= 11 is 0. The standard InChI is InChI=1S/C40H34O6/c1-27-25-37(43)40(36(42)24-14-29-11-19-33(45-3)20-12-29)39(38(27)35(41)23-13-28-9-17-32(44-2)18-10-28)31-15-21-34(22-16-31)46-26-30-7-5-4-6-8-30/h4-25,43H,26H2,1-3H3/b23-13+,24-14+. The van der Waals surface area contributed by atoms with Gasteiger partial charge in [0.1, 0.15) is 29.6 Å². The molecular formula is C40H34O6. The van der Waals surface area contributed by atoms with Gasteiger partial charge in [-0.1, -0.05) is 78.9 Å². The maximum absolute atomic E-state index is 13.8. The molecule has 0 aliphatic rings. The Bertz CT molecular complexity index is 1770. The van der Waals surface area contributed by atoms with Crippen LogP contribution in [0.15, 0.2) is 121 Å². The van der Waals surface area contributed by atoms with Gasteiger partial charge in [-0.3, -0.25) is 9.59 Å². The maximum Gasteiger partial charge on any atom is 0.190 e. The first kappa shape index (κ1) is 31.5. The van der Waals surface area contributed by atoms with Crippen molar-refractivity contribution >= 4 is 23.7 Å². The molecule has 5 aromatic carbocycles. The SMILES string of the molecule is COc1ccc(/C=C/C(=O)c2c(C)cc(O)c(C(=O)/C=C/c3ccc(OC)cc3)c2-c2ccc(OCc3ccccc3)cc2)cc1. The molecule has 0 unspecified atom stereocenters. The number of rotatable bonds is 12. The van der Waals surface area contributed by atoms with E-state index in [1.807, 2.05) is 66.7 Å². The van der Waals surface area contributed by atoms with Crippen LogP contribution in [-0.2, 0) is 6.61 Å². The third-order valence-corrected chi connectivity index (χ3v) is 7.47. The number of carbonyl (C=O) groups excluding carboxylic acids is 2. The first-order chi connectivity index (χ1) is 22.4. The highest BCUT2D eigenvalue weighted by molar-refractivity contribution is 6.19. The topological polar surface area (TPSA) is 82.1 Å². The molecule has 0 saturated carbocycles. The molecule has 0 spiro atoms. The van der Waals surface area contributed by atoms with Crippen LogP contribution in [0.2, 0.25) is 0 Å². The Morgan fingerprint density at radius 2 is 1.15 bits per heavy atom. The van der Waals surface area contributed by atoms with Crippen LogP contribution >= 0.6 is 0 Å². The highest BCUT2D eigenvalue weighted by atomic mass is 16.5. The Hall–Kier alpha value is -5.88. The third kappa shape index (κ3) is 7.60. The molecule has 0 aromatic heterocycles. The molecule has 0 aliphatic heterocycles. The lowest BCUT2D eigenvalue weighted by Crippen LogP contribution is -2.08. The fourth-order valence-corrected chi connectivity index (χ4v) is 5.05. The van der Waals surface area contributed by atoms with Crippen molar-refractivity contribution in [1.82, 2.24) is 0 Å². The van der Waals surface area contributed by atoms with E-state index in [0.29, 0.717) is 46.1 Å². The lowest BCUT2D eigenvalue weighted by Gasteiger charge is -2.17. The number of methoxy groups -OCH3 is 2. The van der Waals surface area contributed by atoms with Crippen molar-refractivity contribution in [2.24, 2.45) is 0 Å². The summed E-state index contributed by atoms with van der Waals surface area (Å²) in [6, 6.07) is 33.0. The molecule has 0 amide bonds. The zero-order valence-corrected chi connectivity index (χ0v) is 25.9. The van der Waals surface area contributed by atoms with Crippen molar-refractivity contribution in [3.8, 4) is 34.1 Å². The van der Waals surface area contributed by atoms with Crippen LogP contribution in [0.3, 0.4) is 0 Å². The molecule has 5 aromatic rings. The van der Waals surface area contributed by atoms with Gasteiger partial charge in [0, 0.05) is 11.1 Å². The van der Waals surface area contributed by atoms with Gasteiger partial charge in [-0.2, -0.15) is 0 Å². The minimum atomic E-state index is -0.444. The molecule has 6 nitrogen and oxygen atoms in total. The van der Waals surface area contributed by atoms with Crippen LogP contribution in [0.5, 0.6) is 23.0 Å². The lowest BCUT2D eigenvalue weighted by atomic mass is 9.86. The summed E-state index contributed by atoms with van der Waals surface area (Å²) in [4.78, 5) is 27.6. The van der Waals surface area contributed by atoms with Crippen LogP contribution in [0.4, 0.5) is 0 Å². The lowest BCUT2D eigenvalue weighted by molar-refractivity contribution is 0.104. The summed E-state index contributed by atoms with van der Waals surface area (Å²) in [7, 11) is 3.18. The maximum atomic E-state index is 13.8. The van der Waals surface area contributed by atoms with Gasteiger partial charge in [0.05, 0.1) is 19.8 Å². The van der Waals surface area contributed by atoms with Crippen molar-refractivity contribution in [3.05, 3.63) is 155 Å². The number of carbonyl (C=O) groups is 2. The van der Waals surface area contributed by atoms with E-state index in [4.69, 9.17) is 14.2 Å². The summed E-state index contributed by atoms with van der Waals surface area (Å²) < 4.78 is 16.4. The second-order valence-electron chi connectivity index (χ2n) is 10.6. The molecule has 0 radical (unpaired) electrons. The fourth-order valence-electron chi connectivity index (χ4n) is 5.05. The predicted molar refractivity (Wildman–Crippen MR) is 182 cm³/mol. The highest BCUT2D eigenvalue weighted by Crippen LogP contribution is 2.38. The first-order valence-electron chi connectivity index (χ1n) is 14.7. The summed E-state index contributed by atoms with van der Waals surface area (Å²) in [5, 5.41) is 11.2. The smallest absolute Gasteiger partial charge is 0.190 e. The van der Waals surface area contributed by atoms with Gasteiger partial charge in [0.2, 0.25) is 0 Å². The average molecular weight is 611 g/mol. The van der Waals surface area contributed by atoms with Crippen molar-refractivity contribution in [2.45, 2.75) is 13.5 Å². The minimum Gasteiger partial charge on any atom is -0.507 e. The molecule has 46 heavy (non-hydrogen) atoms. The number of ketones is 2. The van der Waals surface area contributed by atoms with Crippen molar-refractivity contribution < 1.29 is 28.9 Å². The number of benzene rings is 5. The number of aromatic hydroxyl groups is 1. The minimum absolute atomic E-state index is 0.0366. The number of hydrogen-bond acceptors (Lipinski definition) is 6. The van der Waals surface area contributed by atoms with Gasteiger partial charge in [-0.05, 0) is 89.4 Å². The number of aryl methyl sites for hydroxylation is 1. The molecule has 0 saturated heterocycles. The number of phenols is 1. The number of hydrogen-bond donors (Lipinski definition) is 1. The van der Waals surface area contributed by atoms with Crippen LogP contribution in [-0.4, -0.2) is 30.9 Å². The number of phenolic OH excluding ortho intramolecular Hbond substituents is 1. The predicted octanol–water partition coefficient (Wildman–Crippen LogP) is 8.76. The van der Waals surface area contributed by atoms with E-state index < -0.39 is 5.78 Å². The zero-order chi connectivity index (χ0) is 32.5. The molecule has 0 atom stereocenters. The van der Waals surface area contributed by atoms with Gasteiger partial charge < -0.3 is 19.3 Å². The number of allylic oxidation sites excluding steroid dienone is 2. The van der Waals surface area contributed by atoms with E-state index in [2.05, 4.69) is 0 Å². The molecule has 6 heteroatoms. The molecule has 0 aliphatic carbocycles. The summed E-state index contributed by atoms with van der Waals surface area (Å²) in [6.07, 6.45) is 6.25. The molecule has 230 valence electrons. The van der Waals surface area contributed by atoms with E-state index in [9.17, 15) is 14.7 Å². The van der Waals surface area contributed by atoms with Crippen LogP contribution in [0, 0.1) is 6.92 Å². The Kier molecular flexibility index (Phi) is 10.1. The van der Waals surface area contributed by atoms with Crippen LogP contribution in [0.1, 0.15) is 43.0 Å². The quantitative estimate of drug-likeness (QED) is 0.112. The van der Waals surface area contributed by atoms with Gasteiger partial charge in [0.15, 0.2) is 11.6 Å². The Morgan fingerprint density at radius 1 is 0.652 bits per heavy atom. The second-order valence-corrected chi connectivity index (χ2v) is 10.6. The van der Waals surface area contributed by atoms with Gasteiger partial charge >= 0.3 is 0 Å². The zero-order valence-electron chi connectivity index (χ0n) is 25.9. The molecule has 0 heterocycles. The summed E-state index contributed by atoms with van der Waals surface area (Å²) in [6.45, 7) is 2.14. The van der Waals surface area contributed by atoms with E-state index in [1.54, 1.807) is 69.7 Å². The van der Waals surface area contributed by atoms with E-state index in [0.717, 1.165) is 16.7 Å². The molecule has 0 fully saturated rings. The molecule has 0 bridgehead atoms. The monoisotopic (exact) mass is 610 g/mol. The van der Waals surface area contributed by atoms with Gasteiger partial charge in [-0.15, -0.1) is 0 Å². The van der Waals surface area contributed by atoms with E-state index in [-0.39, 0.29) is 17.1 Å². The van der Waals surface area contributed by atoms with Gasteiger partial charge in [0.25, 0.3) is 0 Å². The van der Waals surface area contributed by atoms with E-state index in [1.165, 1.54) is 18.2 Å². The van der Waals surface area contributed by atoms with Crippen molar-refractivity contribution in [2.75, 3.05) is 14.2 Å². The van der Waals surface area contributed by atoms with Crippen LogP contribution in [0.25, 0.3) is 23.3 Å². The number of ether oxygens (including phenoxy) is 3. The summed E-state index contributed by atoms with van der Waals surface area (Å²) in [5.74, 6) is 1.08. The Morgan fingerprint density at radius 3 is 1.67 bits per heavy atom. The Balaban J connectivity index is 1.54. The summed E-state index contributed by atoms with van der Waals surface area (Å²) in [5.41, 5.74) is 4.46. The second kappa shape index (κ2) is 14.7. The average Bonchev–Trinajstić information content (AvgIpc) is 3.09. The van der Waals surface area contributed by atoms with Crippen molar-refractivity contribution in [3.63, 3.8) is 0 Å². The third-order valence-electron chi connectivity index (χ3n) is 7.47. The Labute approximate surface area is 268 Å². The van der Waals surface area contributed by atoms with Crippen LogP contribution < -0.4 is 14.2 Å². The normalized spacial score (nSPS) is 11.1. The van der Waals surface area contributed by atoms with Gasteiger partial charge in [-0.25, -0.2) is 0 Å². The highest BCUT2D eigenvalue weighted by Gasteiger charge is 2.24. The first-order valence-corrected chi connectivity index (χ1v) is 14.7. The molecular weight excluding hydrogens is 576 g/mol. The molecule has 5 rings (SSSR count). The van der Waals surface area contributed by atoms with Crippen molar-refractivity contribution in [1.29, 1.82) is 0 Å². The fraction of sp³-hybridized carbons (Fsp3) is 0.100.